The molecule has 19 heavy (non-hydrogen) atoms. The quantitative estimate of drug-likeness (QED) is 0.890. The molecule has 1 fully saturated rings. The number of aromatic hydroxyl groups is 1. The van der Waals surface area contributed by atoms with Crippen molar-refractivity contribution in [2.75, 3.05) is 13.7 Å². The second kappa shape index (κ2) is 5.10. The molecule has 1 unspecified atom stereocenters. The highest BCUT2D eigenvalue weighted by Crippen LogP contribution is 2.41. The van der Waals surface area contributed by atoms with Gasteiger partial charge < -0.3 is 14.6 Å². The van der Waals surface area contributed by atoms with Gasteiger partial charge in [0.05, 0.1) is 13.2 Å². The van der Waals surface area contributed by atoms with Crippen LogP contribution in [0.5, 0.6) is 11.5 Å². The molecule has 3 heteroatoms. The van der Waals surface area contributed by atoms with E-state index in [1.165, 1.54) is 0 Å². The summed E-state index contributed by atoms with van der Waals surface area (Å²) < 4.78 is 11.2. The van der Waals surface area contributed by atoms with Gasteiger partial charge in [-0.15, -0.1) is 0 Å². The van der Waals surface area contributed by atoms with E-state index in [1.807, 2.05) is 30.3 Å². The maximum absolute atomic E-state index is 10.5. The largest absolute Gasteiger partial charge is 0.507 e. The van der Waals surface area contributed by atoms with Crippen LogP contribution in [0.4, 0.5) is 0 Å². The maximum atomic E-state index is 10.5. The summed E-state index contributed by atoms with van der Waals surface area (Å²) in [5.41, 5.74) is 0.843. The summed E-state index contributed by atoms with van der Waals surface area (Å²) in [5, 5.41) is 12.2. The van der Waals surface area contributed by atoms with E-state index < -0.39 is 0 Å². The Kier molecular flexibility index (Phi) is 3.30. The lowest BCUT2D eigenvalue weighted by atomic mass is 9.96. The van der Waals surface area contributed by atoms with E-state index in [0.29, 0.717) is 5.75 Å². The Morgan fingerprint density at radius 2 is 2.00 bits per heavy atom. The molecule has 2 aromatic carbocycles. The normalized spacial score (nSPS) is 19.5. The number of benzene rings is 2. The van der Waals surface area contributed by atoms with Crippen LogP contribution in [0, 0.1) is 0 Å². The van der Waals surface area contributed by atoms with Gasteiger partial charge in [-0.1, -0.05) is 24.3 Å². The second-order valence-electron chi connectivity index (χ2n) is 4.92. The van der Waals surface area contributed by atoms with Gasteiger partial charge in [0.1, 0.15) is 11.5 Å². The summed E-state index contributed by atoms with van der Waals surface area (Å²) in [7, 11) is 1.66. The molecule has 0 amide bonds. The van der Waals surface area contributed by atoms with Gasteiger partial charge in [-0.3, -0.25) is 0 Å². The van der Waals surface area contributed by atoms with Crippen molar-refractivity contribution >= 4 is 10.8 Å². The third-order valence-corrected chi connectivity index (χ3v) is 3.75. The van der Waals surface area contributed by atoms with Gasteiger partial charge in [0, 0.05) is 22.9 Å². The number of phenolic OH excluding ortho intramolecular Hbond substituents is 1. The Morgan fingerprint density at radius 3 is 2.68 bits per heavy atom. The molecule has 0 saturated carbocycles. The molecule has 1 saturated heterocycles. The fourth-order valence-corrected chi connectivity index (χ4v) is 2.75. The zero-order valence-corrected chi connectivity index (χ0v) is 11.1. The fourth-order valence-electron chi connectivity index (χ4n) is 2.75. The average Bonchev–Trinajstić information content (AvgIpc) is 2.49. The smallest absolute Gasteiger partial charge is 0.129 e. The highest BCUT2D eigenvalue weighted by molar-refractivity contribution is 5.94. The number of rotatable bonds is 2. The average molecular weight is 258 g/mol. The lowest BCUT2D eigenvalue weighted by molar-refractivity contribution is 0.0136. The van der Waals surface area contributed by atoms with Crippen LogP contribution in [0.3, 0.4) is 0 Å². The zero-order valence-electron chi connectivity index (χ0n) is 11.1. The van der Waals surface area contributed by atoms with Gasteiger partial charge in [0.2, 0.25) is 0 Å². The second-order valence-corrected chi connectivity index (χ2v) is 4.92. The monoisotopic (exact) mass is 258 g/mol. The van der Waals surface area contributed by atoms with E-state index >= 15 is 0 Å². The Morgan fingerprint density at radius 1 is 1.21 bits per heavy atom. The first-order chi connectivity index (χ1) is 9.31. The Hall–Kier alpha value is -1.74. The molecule has 2 aromatic rings. The summed E-state index contributed by atoms with van der Waals surface area (Å²) >= 11 is 0. The number of methoxy groups -OCH3 is 1. The van der Waals surface area contributed by atoms with Crippen LogP contribution in [0.15, 0.2) is 30.3 Å². The molecule has 0 aliphatic carbocycles. The third kappa shape index (κ3) is 2.15. The van der Waals surface area contributed by atoms with Crippen LogP contribution in [0.25, 0.3) is 10.8 Å². The van der Waals surface area contributed by atoms with E-state index in [1.54, 1.807) is 7.11 Å². The number of hydrogen-bond acceptors (Lipinski definition) is 3. The summed E-state index contributed by atoms with van der Waals surface area (Å²) in [6.07, 6.45) is 3.17. The van der Waals surface area contributed by atoms with Gasteiger partial charge in [-0.2, -0.15) is 0 Å². The summed E-state index contributed by atoms with van der Waals surface area (Å²) in [6.45, 7) is 0.763. The molecule has 1 N–H and O–H groups in total. The Balaban J connectivity index is 2.16. The predicted molar refractivity (Wildman–Crippen MR) is 74.7 cm³/mol. The van der Waals surface area contributed by atoms with Crippen molar-refractivity contribution in [2.45, 2.75) is 25.4 Å². The van der Waals surface area contributed by atoms with Crippen molar-refractivity contribution in [3.63, 3.8) is 0 Å². The van der Waals surface area contributed by atoms with Gasteiger partial charge in [0.15, 0.2) is 0 Å². The maximum Gasteiger partial charge on any atom is 0.129 e. The SMILES string of the molecule is COc1cc(C2CCCCO2)c(O)c2ccccc12. The molecule has 0 aromatic heterocycles. The van der Waals surface area contributed by atoms with Crippen LogP contribution < -0.4 is 4.74 Å². The molecule has 1 atom stereocenters. The summed E-state index contributed by atoms with van der Waals surface area (Å²) in [5.74, 6) is 1.11. The van der Waals surface area contributed by atoms with Crippen molar-refractivity contribution in [1.29, 1.82) is 0 Å². The van der Waals surface area contributed by atoms with Crippen molar-refractivity contribution in [3.05, 3.63) is 35.9 Å². The summed E-state index contributed by atoms with van der Waals surface area (Å²) in [6, 6.07) is 9.65. The fraction of sp³-hybridized carbons (Fsp3) is 0.375. The zero-order chi connectivity index (χ0) is 13.2. The van der Waals surface area contributed by atoms with Crippen molar-refractivity contribution in [3.8, 4) is 11.5 Å². The number of ether oxygens (including phenoxy) is 2. The third-order valence-electron chi connectivity index (χ3n) is 3.75. The van der Waals surface area contributed by atoms with Crippen LogP contribution in [0.2, 0.25) is 0 Å². The van der Waals surface area contributed by atoms with Crippen LogP contribution in [0.1, 0.15) is 30.9 Å². The number of fused-ring (bicyclic) bond motifs is 1. The first-order valence-corrected chi connectivity index (χ1v) is 6.71. The lowest BCUT2D eigenvalue weighted by Crippen LogP contribution is -2.11. The molecule has 1 aliphatic heterocycles. The van der Waals surface area contributed by atoms with Crippen LogP contribution >= 0.6 is 0 Å². The van der Waals surface area contributed by atoms with Crippen molar-refractivity contribution < 1.29 is 14.6 Å². The van der Waals surface area contributed by atoms with E-state index in [-0.39, 0.29) is 6.10 Å². The minimum atomic E-state index is -0.0211. The standard InChI is InChI=1S/C16H18O3/c1-18-15-10-13(14-8-4-5-9-19-14)16(17)12-7-3-2-6-11(12)15/h2-3,6-7,10,14,17H,4-5,8-9H2,1H3. The topological polar surface area (TPSA) is 38.7 Å². The van der Waals surface area contributed by atoms with E-state index in [0.717, 1.165) is 48.0 Å². The molecule has 0 spiro atoms. The van der Waals surface area contributed by atoms with E-state index in [2.05, 4.69) is 0 Å². The van der Waals surface area contributed by atoms with Crippen molar-refractivity contribution in [1.82, 2.24) is 0 Å². The van der Waals surface area contributed by atoms with Gasteiger partial charge >= 0.3 is 0 Å². The minimum absolute atomic E-state index is 0.0211. The minimum Gasteiger partial charge on any atom is -0.507 e. The highest BCUT2D eigenvalue weighted by Gasteiger charge is 2.22. The molecule has 100 valence electrons. The Labute approximate surface area is 112 Å². The lowest BCUT2D eigenvalue weighted by Gasteiger charge is -2.24. The van der Waals surface area contributed by atoms with E-state index in [4.69, 9.17) is 9.47 Å². The predicted octanol–water partition coefficient (Wildman–Crippen LogP) is 3.80. The van der Waals surface area contributed by atoms with Gasteiger partial charge in [0.25, 0.3) is 0 Å². The molecule has 0 radical (unpaired) electrons. The first kappa shape index (κ1) is 12.3. The van der Waals surface area contributed by atoms with Crippen LogP contribution in [-0.4, -0.2) is 18.8 Å². The van der Waals surface area contributed by atoms with Crippen molar-refractivity contribution in [2.24, 2.45) is 0 Å². The first-order valence-electron chi connectivity index (χ1n) is 6.71. The molecular formula is C16H18O3. The summed E-state index contributed by atoms with van der Waals surface area (Å²) in [4.78, 5) is 0. The number of hydrogen-bond donors (Lipinski definition) is 1. The molecule has 3 rings (SSSR count). The number of phenols is 1. The highest BCUT2D eigenvalue weighted by atomic mass is 16.5. The molecular weight excluding hydrogens is 240 g/mol. The van der Waals surface area contributed by atoms with Gasteiger partial charge in [-0.05, 0) is 25.3 Å². The Bertz CT molecular complexity index is 586. The molecule has 1 aliphatic rings. The van der Waals surface area contributed by atoms with Gasteiger partial charge in [-0.25, -0.2) is 0 Å². The molecule has 0 bridgehead atoms. The van der Waals surface area contributed by atoms with Crippen LogP contribution in [-0.2, 0) is 4.74 Å². The van der Waals surface area contributed by atoms with E-state index in [9.17, 15) is 5.11 Å². The molecule has 3 nitrogen and oxygen atoms in total. The molecule has 1 heterocycles.